The molecule has 2 rings (SSSR count). The molecule has 0 bridgehead atoms. The first-order chi connectivity index (χ1) is 7.24. The smallest absolute Gasteiger partial charge is 0.208 e. The largest absolute Gasteiger partial charge is 0.439 e. The number of hydrogen-bond donors (Lipinski definition) is 1. The minimum atomic E-state index is 0.321. The average molecular weight is 206 g/mol. The highest BCUT2D eigenvalue weighted by Gasteiger charge is 2.12. The fourth-order valence-corrected chi connectivity index (χ4v) is 1.53. The quantitative estimate of drug-likeness (QED) is 0.816. The normalized spacial score (nSPS) is 10.9. The zero-order chi connectivity index (χ0) is 10.8. The van der Waals surface area contributed by atoms with Crippen molar-refractivity contribution in [2.24, 2.45) is 12.8 Å². The molecule has 0 saturated heterocycles. The Kier molecular flexibility index (Phi) is 2.55. The van der Waals surface area contributed by atoms with Crippen LogP contribution in [-0.4, -0.2) is 14.8 Å². The van der Waals surface area contributed by atoms with E-state index in [-0.39, 0.29) is 0 Å². The van der Waals surface area contributed by atoms with E-state index in [4.69, 9.17) is 10.2 Å². The van der Waals surface area contributed by atoms with E-state index < -0.39 is 0 Å². The van der Waals surface area contributed by atoms with Crippen molar-refractivity contribution in [1.29, 1.82) is 0 Å². The number of oxazole rings is 1. The number of nitrogens with zero attached hydrogens (tertiary/aromatic N) is 3. The summed E-state index contributed by atoms with van der Waals surface area (Å²) < 4.78 is 7.26. The molecule has 2 heterocycles. The Hall–Kier alpha value is -1.62. The number of nitrogens with two attached hydrogens (primary N) is 1. The summed E-state index contributed by atoms with van der Waals surface area (Å²) in [7, 11) is 1.89. The molecule has 0 radical (unpaired) electrons. The van der Waals surface area contributed by atoms with Gasteiger partial charge in [-0.25, -0.2) is 4.98 Å². The second-order valence-electron chi connectivity index (χ2n) is 3.34. The predicted molar refractivity (Wildman–Crippen MR) is 56.0 cm³/mol. The van der Waals surface area contributed by atoms with E-state index in [9.17, 15) is 0 Å². The van der Waals surface area contributed by atoms with Crippen LogP contribution in [0.4, 0.5) is 0 Å². The van der Waals surface area contributed by atoms with Crippen molar-refractivity contribution in [3.63, 3.8) is 0 Å². The lowest BCUT2D eigenvalue weighted by Gasteiger charge is -1.93. The van der Waals surface area contributed by atoms with Gasteiger partial charge in [0.05, 0.1) is 24.0 Å². The van der Waals surface area contributed by atoms with Gasteiger partial charge in [0.25, 0.3) is 0 Å². The molecular weight excluding hydrogens is 192 g/mol. The van der Waals surface area contributed by atoms with Crippen molar-refractivity contribution in [2.45, 2.75) is 19.9 Å². The highest BCUT2D eigenvalue weighted by Crippen LogP contribution is 2.23. The van der Waals surface area contributed by atoms with Crippen LogP contribution < -0.4 is 5.73 Å². The Labute approximate surface area is 87.9 Å². The topological polar surface area (TPSA) is 69.9 Å². The fraction of sp³-hybridized carbons (Fsp3) is 0.400. The first-order valence-electron chi connectivity index (χ1n) is 4.92. The first-order valence-corrected chi connectivity index (χ1v) is 4.92. The molecule has 2 aromatic heterocycles. The second kappa shape index (κ2) is 3.86. The van der Waals surface area contributed by atoms with Gasteiger partial charge in [-0.15, -0.1) is 0 Å². The highest BCUT2D eigenvalue weighted by atomic mass is 16.4. The molecule has 0 saturated carbocycles. The summed E-state index contributed by atoms with van der Waals surface area (Å²) in [5, 5.41) is 4.34. The third-order valence-corrected chi connectivity index (χ3v) is 2.23. The molecule has 0 spiro atoms. The maximum absolute atomic E-state index is 5.49. The van der Waals surface area contributed by atoms with Crippen molar-refractivity contribution >= 4 is 0 Å². The van der Waals surface area contributed by atoms with Gasteiger partial charge in [-0.3, -0.25) is 4.68 Å². The highest BCUT2D eigenvalue weighted by molar-refractivity contribution is 5.58. The van der Waals surface area contributed by atoms with Gasteiger partial charge in [-0.05, 0) is 6.42 Å². The van der Waals surface area contributed by atoms with Crippen molar-refractivity contribution in [2.75, 3.05) is 0 Å². The molecule has 0 aliphatic carbocycles. The van der Waals surface area contributed by atoms with Crippen molar-refractivity contribution in [1.82, 2.24) is 14.8 Å². The second-order valence-corrected chi connectivity index (χ2v) is 3.34. The monoisotopic (exact) mass is 206 g/mol. The van der Waals surface area contributed by atoms with Crippen molar-refractivity contribution in [3.05, 3.63) is 24.0 Å². The summed E-state index contributed by atoms with van der Waals surface area (Å²) in [6.45, 7) is 2.38. The van der Waals surface area contributed by atoms with E-state index in [0.29, 0.717) is 12.4 Å². The van der Waals surface area contributed by atoms with E-state index in [1.165, 1.54) is 0 Å². The summed E-state index contributed by atoms with van der Waals surface area (Å²) in [6.07, 6.45) is 4.49. The molecule has 80 valence electrons. The SMILES string of the molecule is CCc1nn(C)cc1-c1cnc(CN)o1. The standard InChI is InChI=1S/C10H14N4O/c1-3-8-7(6-14(2)13-8)9-5-12-10(4-11)15-9/h5-6H,3-4,11H2,1-2H3. The van der Waals surface area contributed by atoms with Crippen LogP contribution in [0.3, 0.4) is 0 Å². The lowest BCUT2D eigenvalue weighted by Crippen LogP contribution is -1.94. The van der Waals surface area contributed by atoms with Gasteiger partial charge >= 0.3 is 0 Å². The van der Waals surface area contributed by atoms with Crippen LogP contribution in [0.1, 0.15) is 18.5 Å². The minimum absolute atomic E-state index is 0.321. The molecule has 0 amide bonds. The zero-order valence-electron chi connectivity index (χ0n) is 8.90. The van der Waals surface area contributed by atoms with Crippen LogP contribution in [0.2, 0.25) is 0 Å². The average Bonchev–Trinajstić information content (AvgIpc) is 2.82. The van der Waals surface area contributed by atoms with Gasteiger partial charge in [0.2, 0.25) is 5.89 Å². The van der Waals surface area contributed by atoms with Crippen molar-refractivity contribution in [3.8, 4) is 11.3 Å². The van der Waals surface area contributed by atoms with Gasteiger partial charge in [-0.2, -0.15) is 5.10 Å². The van der Waals surface area contributed by atoms with Crippen molar-refractivity contribution < 1.29 is 4.42 Å². The summed E-state index contributed by atoms with van der Waals surface area (Å²) in [6, 6.07) is 0. The number of hydrogen-bond acceptors (Lipinski definition) is 4. The first kappa shape index (κ1) is 9.92. The molecule has 5 heteroatoms. The lowest BCUT2D eigenvalue weighted by molar-refractivity contribution is 0.509. The summed E-state index contributed by atoms with van der Waals surface area (Å²) >= 11 is 0. The number of aromatic nitrogens is 3. The third-order valence-electron chi connectivity index (χ3n) is 2.23. The van der Waals surface area contributed by atoms with E-state index >= 15 is 0 Å². The molecular formula is C10H14N4O. The molecule has 2 N–H and O–H groups in total. The van der Waals surface area contributed by atoms with Crippen LogP contribution in [-0.2, 0) is 20.0 Å². The Bertz CT molecular complexity index is 458. The Morgan fingerprint density at radius 3 is 2.93 bits per heavy atom. The summed E-state index contributed by atoms with van der Waals surface area (Å²) in [4.78, 5) is 4.07. The molecule has 0 aliphatic heterocycles. The minimum Gasteiger partial charge on any atom is -0.439 e. The molecule has 0 unspecified atom stereocenters. The molecule has 0 aromatic carbocycles. The Morgan fingerprint density at radius 2 is 2.33 bits per heavy atom. The van der Waals surface area contributed by atoms with Gasteiger partial charge < -0.3 is 10.2 Å². The third kappa shape index (κ3) is 1.78. The van der Waals surface area contributed by atoms with E-state index in [0.717, 1.165) is 23.4 Å². The molecule has 0 atom stereocenters. The molecule has 15 heavy (non-hydrogen) atoms. The van der Waals surface area contributed by atoms with Gasteiger partial charge in [-0.1, -0.05) is 6.92 Å². The van der Waals surface area contributed by atoms with E-state index in [1.54, 1.807) is 10.9 Å². The van der Waals surface area contributed by atoms with Crippen LogP contribution in [0.5, 0.6) is 0 Å². The lowest BCUT2D eigenvalue weighted by atomic mass is 10.2. The van der Waals surface area contributed by atoms with Gasteiger partial charge in [0, 0.05) is 13.2 Å². The fourth-order valence-electron chi connectivity index (χ4n) is 1.53. The van der Waals surface area contributed by atoms with Crippen LogP contribution in [0.15, 0.2) is 16.8 Å². The van der Waals surface area contributed by atoms with E-state index in [2.05, 4.69) is 17.0 Å². The number of rotatable bonds is 3. The Morgan fingerprint density at radius 1 is 1.53 bits per heavy atom. The van der Waals surface area contributed by atoms with Crippen LogP contribution in [0, 0.1) is 0 Å². The van der Waals surface area contributed by atoms with Crippen LogP contribution in [0.25, 0.3) is 11.3 Å². The molecule has 0 aliphatic rings. The zero-order valence-corrected chi connectivity index (χ0v) is 8.90. The van der Waals surface area contributed by atoms with Crippen LogP contribution >= 0.6 is 0 Å². The summed E-state index contributed by atoms with van der Waals surface area (Å²) in [5.41, 5.74) is 7.44. The Balaban J connectivity index is 2.43. The molecule has 0 fully saturated rings. The molecule has 5 nitrogen and oxygen atoms in total. The molecule has 2 aromatic rings. The van der Waals surface area contributed by atoms with Gasteiger partial charge in [0.15, 0.2) is 5.76 Å². The maximum Gasteiger partial charge on any atom is 0.208 e. The van der Waals surface area contributed by atoms with Gasteiger partial charge in [0.1, 0.15) is 0 Å². The summed E-state index contributed by atoms with van der Waals surface area (Å²) in [5.74, 6) is 1.29. The van der Waals surface area contributed by atoms with E-state index in [1.807, 2.05) is 13.2 Å². The predicted octanol–water partition coefficient (Wildman–Crippen LogP) is 1.10. The maximum atomic E-state index is 5.49. The number of aryl methyl sites for hydroxylation is 2.